The molecule has 1 amide bonds. The first-order chi connectivity index (χ1) is 14.0. The predicted molar refractivity (Wildman–Crippen MR) is 109 cm³/mol. The van der Waals surface area contributed by atoms with Crippen LogP contribution in [0, 0.1) is 17.1 Å². The van der Waals surface area contributed by atoms with Crippen molar-refractivity contribution in [3.63, 3.8) is 0 Å². The molecule has 2 aromatic carbocycles. The van der Waals surface area contributed by atoms with Crippen LogP contribution < -0.4 is 10.1 Å². The lowest BCUT2D eigenvalue weighted by atomic mass is 10.1. The van der Waals surface area contributed by atoms with Crippen molar-refractivity contribution in [3.05, 3.63) is 93.6 Å². The highest BCUT2D eigenvalue weighted by molar-refractivity contribution is 9.10. The molecule has 1 N–H and O–H groups in total. The molecule has 0 aliphatic heterocycles. The molecule has 0 saturated carbocycles. The van der Waals surface area contributed by atoms with Crippen LogP contribution in [-0.2, 0) is 17.9 Å². The second-order valence-corrected chi connectivity index (χ2v) is 6.89. The second kappa shape index (κ2) is 9.71. The van der Waals surface area contributed by atoms with Gasteiger partial charge in [-0.15, -0.1) is 0 Å². The second-order valence-electron chi connectivity index (χ2n) is 6.04. The zero-order chi connectivity index (χ0) is 20.6. The van der Waals surface area contributed by atoms with Crippen LogP contribution >= 0.6 is 15.9 Å². The molecule has 0 unspecified atom stereocenters. The Balaban J connectivity index is 1.64. The average molecular weight is 455 g/mol. The van der Waals surface area contributed by atoms with E-state index in [-0.39, 0.29) is 24.5 Å². The lowest BCUT2D eigenvalue weighted by Crippen LogP contribution is -2.23. The van der Waals surface area contributed by atoms with Gasteiger partial charge in [-0.1, -0.05) is 18.2 Å². The summed E-state index contributed by atoms with van der Waals surface area (Å²) in [6, 6.07) is 16.6. The SMILES string of the molecule is N#C/C(=C\c1ccc(OCc2ccc(F)cc2)c(Br)c1)C(=O)NCc1ccco1. The van der Waals surface area contributed by atoms with Crippen LogP contribution in [0.3, 0.4) is 0 Å². The molecule has 0 radical (unpaired) electrons. The highest BCUT2D eigenvalue weighted by atomic mass is 79.9. The molecule has 146 valence electrons. The van der Waals surface area contributed by atoms with E-state index in [0.717, 1.165) is 5.56 Å². The fourth-order valence-corrected chi connectivity index (χ4v) is 2.97. The third kappa shape index (κ3) is 5.80. The van der Waals surface area contributed by atoms with Gasteiger partial charge in [-0.25, -0.2) is 4.39 Å². The van der Waals surface area contributed by atoms with E-state index in [9.17, 15) is 14.4 Å². The summed E-state index contributed by atoms with van der Waals surface area (Å²) in [5.74, 6) is 0.400. The molecule has 1 heterocycles. The van der Waals surface area contributed by atoms with Crippen molar-refractivity contribution >= 4 is 27.9 Å². The van der Waals surface area contributed by atoms with Crippen molar-refractivity contribution in [2.45, 2.75) is 13.2 Å². The van der Waals surface area contributed by atoms with Gasteiger partial charge in [0.15, 0.2) is 0 Å². The fourth-order valence-electron chi connectivity index (χ4n) is 2.46. The lowest BCUT2D eigenvalue weighted by molar-refractivity contribution is -0.117. The van der Waals surface area contributed by atoms with Crippen LogP contribution in [0.15, 0.2) is 75.3 Å². The molecule has 29 heavy (non-hydrogen) atoms. The summed E-state index contributed by atoms with van der Waals surface area (Å²) in [7, 11) is 0. The van der Waals surface area contributed by atoms with Gasteiger partial charge < -0.3 is 14.5 Å². The van der Waals surface area contributed by atoms with Gasteiger partial charge in [-0.3, -0.25) is 4.79 Å². The smallest absolute Gasteiger partial charge is 0.262 e. The standard InChI is InChI=1S/C22H16BrFN2O3/c23-20-11-16(5-8-21(20)29-14-15-3-6-18(24)7-4-15)10-17(12-25)22(27)26-13-19-2-1-9-28-19/h1-11H,13-14H2,(H,26,27)/b17-10+. The van der Waals surface area contributed by atoms with Gasteiger partial charge in [0.1, 0.15) is 35.6 Å². The Bertz CT molecular complexity index is 1050. The number of ether oxygens (including phenoxy) is 1. The molecule has 5 nitrogen and oxygen atoms in total. The van der Waals surface area contributed by atoms with Crippen LogP contribution in [0.4, 0.5) is 4.39 Å². The van der Waals surface area contributed by atoms with E-state index in [0.29, 0.717) is 21.5 Å². The average Bonchev–Trinajstić information content (AvgIpc) is 3.24. The number of amides is 1. The van der Waals surface area contributed by atoms with Crippen molar-refractivity contribution in [1.82, 2.24) is 5.32 Å². The normalized spacial score (nSPS) is 11.0. The molecule has 0 bridgehead atoms. The summed E-state index contributed by atoms with van der Waals surface area (Å²) in [5.41, 5.74) is 1.47. The van der Waals surface area contributed by atoms with Crippen LogP contribution in [0.1, 0.15) is 16.9 Å². The number of furan rings is 1. The number of carbonyl (C=O) groups excluding carboxylic acids is 1. The monoisotopic (exact) mass is 454 g/mol. The van der Waals surface area contributed by atoms with Crippen LogP contribution in [0.2, 0.25) is 0 Å². The van der Waals surface area contributed by atoms with Crippen LogP contribution in [0.5, 0.6) is 5.75 Å². The van der Waals surface area contributed by atoms with E-state index < -0.39 is 5.91 Å². The van der Waals surface area contributed by atoms with Crippen molar-refractivity contribution in [2.75, 3.05) is 0 Å². The summed E-state index contributed by atoms with van der Waals surface area (Å²) in [5, 5.41) is 11.9. The minimum atomic E-state index is -0.489. The van der Waals surface area contributed by atoms with E-state index in [2.05, 4.69) is 21.2 Å². The third-order valence-corrected chi connectivity index (χ3v) is 4.56. The molecule has 0 aliphatic carbocycles. The summed E-state index contributed by atoms with van der Waals surface area (Å²) in [6.45, 7) is 0.484. The lowest BCUT2D eigenvalue weighted by Gasteiger charge is -2.09. The Morgan fingerprint density at radius 3 is 2.69 bits per heavy atom. The van der Waals surface area contributed by atoms with Gasteiger partial charge in [0.05, 0.1) is 17.3 Å². The molecule has 3 aromatic rings. The molecule has 0 spiro atoms. The van der Waals surface area contributed by atoms with Gasteiger partial charge in [0, 0.05) is 0 Å². The number of carbonyl (C=O) groups is 1. The Kier molecular flexibility index (Phi) is 6.82. The minimum absolute atomic E-state index is 0.0246. The van der Waals surface area contributed by atoms with Crippen molar-refractivity contribution in [3.8, 4) is 11.8 Å². The van der Waals surface area contributed by atoms with Gasteiger partial charge in [-0.05, 0) is 69.5 Å². The van der Waals surface area contributed by atoms with E-state index in [4.69, 9.17) is 9.15 Å². The Hall–Kier alpha value is -3.37. The topological polar surface area (TPSA) is 75.3 Å². The maximum Gasteiger partial charge on any atom is 0.262 e. The van der Waals surface area contributed by atoms with Gasteiger partial charge in [-0.2, -0.15) is 5.26 Å². The molecular weight excluding hydrogens is 439 g/mol. The Morgan fingerprint density at radius 1 is 1.24 bits per heavy atom. The maximum atomic E-state index is 13.0. The van der Waals surface area contributed by atoms with E-state index >= 15 is 0 Å². The quantitative estimate of drug-likeness (QED) is 0.403. The van der Waals surface area contributed by atoms with E-state index in [1.165, 1.54) is 24.5 Å². The third-order valence-electron chi connectivity index (χ3n) is 3.94. The number of hydrogen-bond donors (Lipinski definition) is 1. The van der Waals surface area contributed by atoms with Crippen molar-refractivity contribution < 1.29 is 18.3 Å². The highest BCUT2D eigenvalue weighted by Gasteiger charge is 2.10. The number of nitriles is 1. The van der Waals surface area contributed by atoms with Crippen molar-refractivity contribution in [2.24, 2.45) is 0 Å². The molecular formula is C22H16BrFN2O3. The molecule has 0 aliphatic rings. The first kappa shape index (κ1) is 20.4. The van der Waals surface area contributed by atoms with Gasteiger partial charge >= 0.3 is 0 Å². The molecule has 0 saturated heterocycles. The number of rotatable bonds is 7. The molecule has 3 rings (SSSR count). The number of nitrogens with one attached hydrogen (secondary N) is 1. The van der Waals surface area contributed by atoms with E-state index in [1.54, 1.807) is 42.5 Å². The Labute approximate surface area is 175 Å². The maximum absolute atomic E-state index is 13.0. The molecule has 0 atom stereocenters. The summed E-state index contributed by atoms with van der Waals surface area (Å²) in [4.78, 5) is 12.2. The van der Waals surface area contributed by atoms with Crippen LogP contribution in [0.25, 0.3) is 6.08 Å². The zero-order valence-corrected chi connectivity index (χ0v) is 16.8. The predicted octanol–water partition coefficient (Wildman–Crippen LogP) is 4.98. The number of benzene rings is 2. The molecule has 1 aromatic heterocycles. The van der Waals surface area contributed by atoms with Crippen molar-refractivity contribution in [1.29, 1.82) is 5.26 Å². The summed E-state index contributed by atoms with van der Waals surface area (Å²) in [6.07, 6.45) is 3.01. The molecule has 0 fully saturated rings. The number of nitrogens with zero attached hydrogens (tertiary/aromatic N) is 1. The fraction of sp³-hybridized carbons (Fsp3) is 0.0909. The summed E-state index contributed by atoms with van der Waals surface area (Å²) < 4.78 is 24.5. The van der Waals surface area contributed by atoms with E-state index in [1.807, 2.05) is 6.07 Å². The minimum Gasteiger partial charge on any atom is -0.488 e. The largest absolute Gasteiger partial charge is 0.488 e. The summed E-state index contributed by atoms with van der Waals surface area (Å²) >= 11 is 3.43. The molecule has 7 heteroatoms. The van der Waals surface area contributed by atoms with Gasteiger partial charge in [0.2, 0.25) is 0 Å². The highest BCUT2D eigenvalue weighted by Crippen LogP contribution is 2.27. The first-order valence-electron chi connectivity index (χ1n) is 8.64. The first-order valence-corrected chi connectivity index (χ1v) is 9.43. The number of hydrogen-bond acceptors (Lipinski definition) is 4. The van der Waals surface area contributed by atoms with Crippen LogP contribution in [-0.4, -0.2) is 5.91 Å². The Morgan fingerprint density at radius 2 is 2.03 bits per heavy atom. The van der Waals surface area contributed by atoms with Gasteiger partial charge in [0.25, 0.3) is 5.91 Å². The zero-order valence-electron chi connectivity index (χ0n) is 15.2. The number of halogens is 2.